The number of hydrogen-bond acceptors (Lipinski definition) is 7. The molecule has 1 aliphatic carbocycles. The summed E-state index contributed by atoms with van der Waals surface area (Å²) in [4.78, 5) is 42.9. The van der Waals surface area contributed by atoms with E-state index in [1.165, 1.54) is 6.92 Å². The smallest absolute Gasteiger partial charge is 0.329 e. The van der Waals surface area contributed by atoms with Crippen molar-refractivity contribution in [1.82, 2.24) is 15.0 Å². The van der Waals surface area contributed by atoms with E-state index < -0.39 is 12.0 Å². The molecule has 1 aromatic carbocycles. The minimum Gasteiger partial charge on any atom is -0.454 e. The zero-order valence-corrected chi connectivity index (χ0v) is 15.5. The van der Waals surface area contributed by atoms with E-state index in [-0.39, 0.29) is 36.1 Å². The molecule has 0 N–H and O–H groups in total. The molecule has 146 valence electrons. The van der Waals surface area contributed by atoms with E-state index in [0.717, 1.165) is 23.3 Å². The maximum atomic E-state index is 12.6. The number of amides is 2. The highest BCUT2D eigenvalue weighted by molar-refractivity contribution is 6.07. The maximum absolute atomic E-state index is 12.6. The molecule has 3 atom stereocenters. The van der Waals surface area contributed by atoms with Crippen LogP contribution in [0.15, 0.2) is 34.9 Å². The fourth-order valence-corrected chi connectivity index (χ4v) is 3.95. The summed E-state index contributed by atoms with van der Waals surface area (Å²) in [6.45, 7) is 1.30. The fourth-order valence-electron chi connectivity index (χ4n) is 3.95. The van der Waals surface area contributed by atoms with Gasteiger partial charge in [0.05, 0.1) is 11.8 Å². The standard InChI is InChI=1S/C20H21N3O5/c1-12(23-18(24)14-9-5-6-10-15(14)19(23)25)20(26)27-11-16-21-17(22-28-16)13-7-3-2-4-8-13/h2-4,7-8,12,14-15H,5-6,9-11H2,1H3/t12-,14+,15+/m1/s1. The van der Waals surface area contributed by atoms with Crippen LogP contribution in [-0.2, 0) is 25.7 Å². The number of likely N-dealkylation sites (tertiary alicyclic amines) is 1. The third-order valence-corrected chi connectivity index (χ3v) is 5.44. The van der Waals surface area contributed by atoms with Crippen LogP contribution >= 0.6 is 0 Å². The van der Waals surface area contributed by atoms with E-state index in [4.69, 9.17) is 9.26 Å². The van der Waals surface area contributed by atoms with E-state index >= 15 is 0 Å². The molecule has 0 unspecified atom stereocenters. The third kappa shape index (κ3) is 3.30. The Morgan fingerprint density at radius 3 is 2.46 bits per heavy atom. The molecular formula is C20H21N3O5. The van der Waals surface area contributed by atoms with E-state index in [2.05, 4.69) is 10.1 Å². The summed E-state index contributed by atoms with van der Waals surface area (Å²) in [5, 5.41) is 3.86. The van der Waals surface area contributed by atoms with Gasteiger partial charge in [-0.05, 0) is 19.8 Å². The molecule has 2 amide bonds. The number of hydrogen-bond donors (Lipinski definition) is 0. The monoisotopic (exact) mass is 383 g/mol. The largest absolute Gasteiger partial charge is 0.454 e. The predicted molar refractivity (Wildman–Crippen MR) is 96.3 cm³/mol. The Labute approximate surface area is 161 Å². The first-order valence-corrected chi connectivity index (χ1v) is 9.48. The highest BCUT2D eigenvalue weighted by atomic mass is 16.6. The molecule has 0 spiro atoms. The molecule has 0 bridgehead atoms. The van der Waals surface area contributed by atoms with Crippen LogP contribution in [0.5, 0.6) is 0 Å². The minimum absolute atomic E-state index is 0.146. The predicted octanol–water partition coefficient (Wildman–Crippen LogP) is 2.34. The Kier molecular flexibility index (Phi) is 4.93. The molecule has 2 fully saturated rings. The van der Waals surface area contributed by atoms with Gasteiger partial charge in [0.2, 0.25) is 17.6 Å². The zero-order chi connectivity index (χ0) is 19.7. The quantitative estimate of drug-likeness (QED) is 0.577. The number of carbonyl (C=O) groups excluding carboxylic acids is 3. The topological polar surface area (TPSA) is 103 Å². The Balaban J connectivity index is 1.38. The van der Waals surface area contributed by atoms with Crippen molar-refractivity contribution < 1.29 is 23.6 Å². The number of benzene rings is 1. The van der Waals surface area contributed by atoms with Gasteiger partial charge in [-0.2, -0.15) is 4.98 Å². The van der Waals surface area contributed by atoms with Crippen LogP contribution in [0, 0.1) is 11.8 Å². The number of carbonyl (C=O) groups is 3. The average molecular weight is 383 g/mol. The van der Waals surface area contributed by atoms with Crippen molar-refractivity contribution in [3.05, 3.63) is 36.2 Å². The Morgan fingerprint density at radius 1 is 1.18 bits per heavy atom. The molecule has 0 radical (unpaired) electrons. The molecule has 8 heteroatoms. The Bertz CT molecular complexity index is 870. The van der Waals surface area contributed by atoms with Gasteiger partial charge in [-0.25, -0.2) is 4.79 Å². The van der Waals surface area contributed by atoms with Crippen molar-refractivity contribution in [1.29, 1.82) is 0 Å². The van der Waals surface area contributed by atoms with Crippen LogP contribution in [-0.4, -0.2) is 38.9 Å². The number of rotatable bonds is 5. The van der Waals surface area contributed by atoms with Gasteiger partial charge < -0.3 is 9.26 Å². The molecule has 1 saturated carbocycles. The molecule has 1 aliphatic heterocycles. The van der Waals surface area contributed by atoms with Crippen molar-refractivity contribution in [2.24, 2.45) is 11.8 Å². The summed E-state index contributed by atoms with van der Waals surface area (Å²) in [6, 6.07) is 8.30. The summed E-state index contributed by atoms with van der Waals surface area (Å²) in [5.74, 6) is -1.23. The lowest BCUT2D eigenvalue weighted by Gasteiger charge is -2.21. The number of aromatic nitrogens is 2. The van der Waals surface area contributed by atoms with E-state index in [0.29, 0.717) is 18.7 Å². The Morgan fingerprint density at radius 2 is 1.82 bits per heavy atom. The molecule has 1 saturated heterocycles. The second kappa shape index (κ2) is 7.53. The lowest BCUT2D eigenvalue weighted by Crippen LogP contribution is -2.44. The molecule has 8 nitrogen and oxygen atoms in total. The summed E-state index contributed by atoms with van der Waals surface area (Å²) < 4.78 is 10.3. The van der Waals surface area contributed by atoms with Gasteiger partial charge >= 0.3 is 5.97 Å². The van der Waals surface area contributed by atoms with Gasteiger partial charge in [-0.1, -0.05) is 48.3 Å². The molecule has 2 heterocycles. The number of imide groups is 1. The first kappa shape index (κ1) is 18.3. The molecular weight excluding hydrogens is 362 g/mol. The van der Waals surface area contributed by atoms with Gasteiger partial charge in [0, 0.05) is 5.56 Å². The van der Waals surface area contributed by atoms with Gasteiger partial charge in [0.25, 0.3) is 5.89 Å². The lowest BCUT2D eigenvalue weighted by molar-refractivity contribution is -0.159. The van der Waals surface area contributed by atoms with Crippen molar-refractivity contribution in [2.45, 2.75) is 45.3 Å². The van der Waals surface area contributed by atoms with Crippen LogP contribution in [0.1, 0.15) is 38.5 Å². The highest BCUT2D eigenvalue weighted by Crippen LogP contribution is 2.38. The summed E-state index contributed by atoms with van der Waals surface area (Å²) in [5.41, 5.74) is 0.785. The minimum atomic E-state index is -0.970. The summed E-state index contributed by atoms with van der Waals surface area (Å²) in [7, 11) is 0. The van der Waals surface area contributed by atoms with Crippen molar-refractivity contribution in [3.63, 3.8) is 0 Å². The van der Waals surface area contributed by atoms with E-state index in [1.807, 2.05) is 30.3 Å². The summed E-state index contributed by atoms with van der Waals surface area (Å²) >= 11 is 0. The van der Waals surface area contributed by atoms with Gasteiger partial charge in [0.15, 0.2) is 6.61 Å². The molecule has 2 aromatic rings. The van der Waals surface area contributed by atoms with Crippen LogP contribution in [0.3, 0.4) is 0 Å². The number of ether oxygens (including phenoxy) is 1. The maximum Gasteiger partial charge on any atom is 0.329 e. The number of esters is 1. The van der Waals surface area contributed by atoms with Crippen LogP contribution in [0.4, 0.5) is 0 Å². The Hall–Kier alpha value is -3.03. The number of fused-ring (bicyclic) bond motifs is 1. The van der Waals surface area contributed by atoms with Crippen molar-refractivity contribution >= 4 is 17.8 Å². The summed E-state index contributed by atoms with van der Waals surface area (Å²) in [6.07, 6.45) is 3.29. The molecule has 28 heavy (non-hydrogen) atoms. The third-order valence-electron chi connectivity index (χ3n) is 5.44. The van der Waals surface area contributed by atoms with Gasteiger partial charge in [-0.3, -0.25) is 14.5 Å². The second-order valence-electron chi connectivity index (χ2n) is 7.21. The zero-order valence-electron chi connectivity index (χ0n) is 15.5. The van der Waals surface area contributed by atoms with E-state index in [1.54, 1.807) is 0 Å². The molecule has 4 rings (SSSR count). The van der Waals surface area contributed by atoms with Gasteiger partial charge in [0.1, 0.15) is 6.04 Å². The first-order valence-electron chi connectivity index (χ1n) is 9.48. The second-order valence-corrected chi connectivity index (χ2v) is 7.21. The van der Waals surface area contributed by atoms with Crippen LogP contribution in [0.2, 0.25) is 0 Å². The SMILES string of the molecule is C[C@H](C(=O)OCc1nc(-c2ccccc2)no1)N1C(=O)[C@H]2CCCC[C@@H]2C1=O. The lowest BCUT2D eigenvalue weighted by atomic mass is 9.81. The van der Waals surface area contributed by atoms with Gasteiger partial charge in [-0.15, -0.1) is 0 Å². The van der Waals surface area contributed by atoms with Crippen LogP contribution in [0.25, 0.3) is 11.4 Å². The fraction of sp³-hybridized carbons (Fsp3) is 0.450. The van der Waals surface area contributed by atoms with E-state index in [9.17, 15) is 14.4 Å². The van der Waals surface area contributed by atoms with Crippen molar-refractivity contribution in [3.8, 4) is 11.4 Å². The first-order chi connectivity index (χ1) is 13.6. The van der Waals surface area contributed by atoms with Crippen LogP contribution < -0.4 is 0 Å². The number of nitrogens with zero attached hydrogens (tertiary/aromatic N) is 3. The average Bonchev–Trinajstić information content (AvgIpc) is 3.30. The molecule has 1 aromatic heterocycles. The normalized spacial score (nSPS) is 22.8. The highest BCUT2D eigenvalue weighted by Gasteiger charge is 2.51. The molecule has 2 aliphatic rings. The van der Waals surface area contributed by atoms with Crippen molar-refractivity contribution in [2.75, 3.05) is 0 Å².